The third-order valence-corrected chi connectivity index (χ3v) is 5.26. The summed E-state index contributed by atoms with van der Waals surface area (Å²) >= 11 is 3.48. The predicted octanol–water partition coefficient (Wildman–Crippen LogP) is 3.87. The Morgan fingerprint density at radius 2 is 2.05 bits per heavy atom. The van der Waals surface area contributed by atoms with Crippen LogP contribution in [0.25, 0.3) is 0 Å². The van der Waals surface area contributed by atoms with Crippen molar-refractivity contribution in [1.29, 1.82) is 0 Å². The fourth-order valence-corrected chi connectivity index (χ4v) is 4.19. The molecule has 0 radical (unpaired) electrons. The van der Waals surface area contributed by atoms with E-state index in [4.69, 9.17) is 0 Å². The van der Waals surface area contributed by atoms with Crippen LogP contribution in [-0.2, 0) is 11.2 Å². The molecule has 2 aliphatic rings. The van der Waals surface area contributed by atoms with Crippen LogP contribution in [0.1, 0.15) is 44.6 Å². The average molecular weight is 351 g/mol. The monoisotopic (exact) mass is 350 g/mol. The number of amides is 1. The van der Waals surface area contributed by atoms with Gasteiger partial charge in [0.05, 0.1) is 0 Å². The van der Waals surface area contributed by atoms with Gasteiger partial charge < -0.3 is 10.6 Å². The van der Waals surface area contributed by atoms with E-state index in [0.29, 0.717) is 24.4 Å². The minimum absolute atomic E-state index is 0.165. The van der Waals surface area contributed by atoms with Crippen molar-refractivity contribution in [3.63, 3.8) is 0 Å². The molecule has 3 nitrogen and oxygen atoms in total. The maximum absolute atomic E-state index is 12.3. The molecule has 1 aromatic rings. The van der Waals surface area contributed by atoms with Crippen LogP contribution in [0, 0.1) is 5.92 Å². The fourth-order valence-electron chi connectivity index (χ4n) is 3.78. The van der Waals surface area contributed by atoms with Gasteiger partial charge in [-0.3, -0.25) is 4.79 Å². The van der Waals surface area contributed by atoms with Crippen molar-refractivity contribution >= 4 is 27.5 Å². The third-order valence-electron chi connectivity index (χ3n) is 4.77. The zero-order chi connectivity index (χ0) is 14.8. The molecule has 114 valence electrons. The summed E-state index contributed by atoms with van der Waals surface area (Å²) in [6.45, 7) is 2.11. The molecular weight excluding hydrogens is 328 g/mol. The van der Waals surface area contributed by atoms with Gasteiger partial charge in [0.25, 0.3) is 0 Å². The van der Waals surface area contributed by atoms with E-state index in [1.165, 1.54) is 18.4 Å². The number of halogens is 1. The van der Waals surface area contributed by atoms with Crippen molar-refractivity contribution in [3.05, 3.63) is 28.2 Å². The minimum Gasteiger partial charge on any atom is -0.326 e. The number of rotatable bonds is 4. The number of carbonyl (C=O) groups excluding carboxylic acids is 1. The van der Waals surface area contributed by atoms with Crippen molar-refractivity contribution in [2.75, 3.05) is 5.32 Å². The molecule has 2 unspecified atom stereocenters. The Labute approximate surface area is 135 Å². The van der Waals surface area contributed by atoms with Gasteiger partial charge in [-0.2, -0.15) is 0 Å². The summed E-state index contributed by atoms with van der Waals surface area (Å²) in [5.74, 6) is 0.711. The summed E-state index contributed by atoms with van der Waals surface area (Å²) in [5.41, 5.74) is 2.14. The fraction of sp³-hybridized carbons (Fsp3) is 0.588. The molecule has 2 fully saturated rings. The molecule has 2 N–H and O–H groups in total. The number of carbonyl (C=O) groups is 1. The molecule has 0 spiro atoms. The Morgan fingerprint density at radius 3 is 2.71 bits per heavy atom. The largest absolute Gasteiger partial charge is 0.326 e. The van der Waals surface area contributed by atoms with Crippen molar-refractivity contribution in [3.8, 4) is 0 Å². The summed E-state index contributed by atoms with van der Waals surface area (Å²) in [6, 6.07) is 7.37. The molecule has 2 heterocycles. The molecule has 0 saturated carbocycles. The summed E-state index contributed by atoms with van der Waals surface area (Å²) in [4.78, 5) is 12.3. The Kier molecular flexibility index (Phi) is 4.65. The van der Waals surface area contributed by atoms with Gasteiger partial charge >= 0.3 is 0 Å². The van der Waals surface area contributed by atoms with Gasteiger partial charge in [0.15, 0.2) is 0 Å². The second-order valence-electron chi connectivity index (χ2n) is 6.38. The quantitative estimate of drug-likeness (QED) is 0.865. The van der Waals surface area contributed by atoms with Crippen LogP contribution in [0.3, 0.4) is 0 Å². The topological polar surface area (TPSA) is 41.1 Å². The zero-order valence-corrected chi connectivity index (χ0v) is 14.1. The first-order valence-corrected chi connectivity index (χ1v) is 8.77. The standard InChI is InChI=1S/C17H23BrN2O/c1-2-12-10-13(18)3-6-16(12)20-17(21)9-11-7-14-4-5-15(8-11)19-14/h3,6,10-11,14-15,19H,2,4-5,7-9H2,1H3,(H,20,21). The Bertz CT molecular complexity index is 520. The number of hydrogen-bond acceptors (Lipinski definition) is 2. The van der Waals surface area contributed by atoms with Crippen LogP contribution in [0.4, 0.5) is 5.69 Å². The lowest BCUT2D eigenvalue weighted by molar-refractivity contribution is -0.117. The van der Waals surface area contributed by atoms with E-state index in [-0.39, 0.29) is 5.91 Å². The highest BCUT2D eigenvalue weighted by atomic mass is 79.9. The van der Waals surface area contributed by atoms with Crippen LogP contribution in [0.2, 0.25) is 0 Å². The number of hydrogen-bond donors (Lipinski definition) is 2. The summed E-state index contributed by atoms with van der Waals surface area (Å²) in [7, 11) is 0. The van der Waals surface area contributed by atoms with Crippen LogP contribution in [0.15, 0.2) is 22.7 Å². The highest BCUT2D eigenvalue weighted by Gasteiger charge is 2.34. The van der Waals surface area contributed by atoms with E-state index in [2.05, 4.69) is 39.6 Å². The molecular formula is C17H23BrN2O. The van der Waals surface area contributed by atoms with Crippen molar-refractivity contribution in [2.24, 2.45) is 5.92 Å². The second-order valence-corrected chi connectivity index (χ2v) is 7.30. The van der Waals surface area contributed by atoms with Crippen LogP contribution in [-0.4, -0.2) is 18.0 Å². The average Bonchev–Trinajstić information content (AvgIpc) is 2.80. The SMILES string of the molecule is CCc1cc(Br)ccc1NC(=O)CC1CC2CCC(C1)N2. The molecule has 2 atom stereocenters. The maximum Gasteiger partial charge on any atom is 0.224 e. The first kappa shape index (κ1) is 15.0. The zero-order valence-electron chi connectivity index (χ0n) is 12.5. The molecule has 2 aliphatic heterocycles. The number of aryl methyl sites for hydroxylation is 1. The molecule has 21 heavy (non-hydrogen) atoms. The molecule has 3 rings (SSSR count). The number of anilines is 1. The van der Waals surface area contributed by atoms with Gasteiger partial charge in [0, 0.05) is 28.7 Å². The molecule has 0 aromatic heterocycles. The van der Waals surface area contributed by atoms with E-state index < -0.39 is 0 Å². The van der Waals surface area contributed by atoms with Gasteiger partial charge in [0.2, 0.25) is 5.91 Å². The van der Waals surface area contributed by atoms with Gasteiger partial charge in [-0.15, -0.1) is 0 Å². The number of benzene rings is 1. The normalized spacial score (nSPS) is 27.6. The summed E-state index contributed by atoms with van der Waals surface area (Å²) < 4.78 is 1.06. The summed E-state index contributed by atoms with van der Waals surface area (Å²) in [5, 5.41) is 6.74. The number of nitrogens with one attached hydrogen (secondary N) is 2. The second kappa shape index (κ2) is 6.49. The smallest absolute Gasteiger partial charge is 0.224 e. The molecule has 1 aromatic carbocycles. The Hall–Kier alpha value is -0.870. The lowest BCUT2D eigenvalue weighted by atomic mass is 9.89. The van der Waals surface area contributed by atoms with E-state index >= 15 is 0 Å². The molecule has 0 aliphatic carbocycles. The van der Waals surface area contributed by atoms with Gasteiger partial charge in [0.1, 0.15) is 0 Å². The Balaban J connectivity index is 1.59. The number of fused-ring (bicyclic) bond motifs is 2. The summed E-state index contributed by atoms with van der Waals surface area (Å²) in [6.07, 6.45) is 6.47. The molecule has 1 amide bonds. The van der Waals surface area contributed by atoms with Crippen molar-refractivity contribution in [1.82, 2.24) is 5.32 Å². The third kappa shape index (κ3) is 3.67. The van der Waals surface area contributed by atoms with E-state index in [1.54, 1.807) is 0 Å². The highest BCUT2D eigenvalue weighted by Crippen LogP contribution is 2.33. The highest BCUT2D eigenvalue weighted by molar-refractivity contribution is 9.10. The predicted molar refractivity (Wildman–Crippen MR) is 89.4 cm³/mol. The first-order valence-electron chi connectivity index (χ1n) is 7.98. The molecule has 2 bridgehead atoms. The van der Waals surface area contributed by atoms with Gasteiger partial charge in [-0.05, 0) is 61.8 Å². The van der Waals surface area contributed by atoms with Crippen LogP contribution >= 0.6 is 15.9 Å². The van der Waals surface area contributed by atoms with Crippen molar-refractivity contribution in [2.45, 2.75) is 57.5 Å². The number of piperidine rings is 1. The Morgan fingerprint density at radius 1 is 1.33 bits per heavy atom. The van der Waals surface area contributed by atoms with Gasteiger partial charge in [-0.1, -0.05) is 22.9 Å². The lowest BCUT2D eigenvalue weighted by Gasteiger charge is -2.28. The van der Waals surface area contributed by atoms with Gasteiger partial charge in [-0.25, -0.2) is 0 Å². The van der Waals surface area contributed by atoms with Crippen LogP contribution < -0.4 is 10.6 Å². The van der Waals surface area contributed by atoms with Crippen molar-refractivity contribution < 1.29 is 4.79 Å². The van der Waals surface area contributed by atoms with E-state index in [9.17, 15) is 4.79 Å². The minimum atomic E-state index is 0.165. The molecule has 4 heteroatoms. The van der Waals surface area contributed by atoms with Crippen LogP contribution in [0.5, 0.6) is 0 Å². The maximum atomic E-state index is 12.3. The molecule has 2 saturated heterocycles. The van der Waals surface area contributed by atoms with E-state index in [0.717, 1.165) is 29.4 Å². The lowest BCUT2D eigenvalue weighted by Crippen LogP contribution is -2.39. The first-order chi connectivity index (χ1) is 10.1. The van der Waals surface area contributed by atoms with E-state index in [1.807, 2.05) is 12.1 Å².